The molecule has 0 radical (unpaired) electrons. The first-order chi connectivity index (χ1) is 10.6. The summed E-state index contributed by atoms with van der Waals surface area (Å²) in [5.41, 5.74) is 2.33. The SMILES string of the molecule is CCN(CC)C(=O)c1nnn2c1c(=O)[nH]c1cc(C)ccc12. The Morgan fingerprint density at radius 3 is 2.73 bits per heavy atom. The quantitative estimate of drug-likeness (QED) is 0.791. The molecule has 0 atom stereocenters. The minimum absolute atomic E-state index is 0.0902. The van der Waals surface area contributed by atoms with Gasteiger partial charge in [0.05, 0.1) is 11.0 Å². The number of nitrogens with one attached hydrogen (secondary N) is 1. The first-order valence-corrected chi connectivity index (χ1v) is 7.24. The first kappa shape index (κ1) is 14.2. The Labute approximate surface area is 126 Å². The van der Waals surface area contributed by atoms with E-state index in [9.17, 15) is 9.59 Å². The molecule has 0 spiro atoms. The lowest BCUT2D eigenvalue weighted by Gasteiger charge is -2.16. The zero-order valence-electron chi connectivity index (χ0n) is 12.8. The number of hydrogen-bond acceptors (Lipinski definition) is 4. The van der Waals surface area contributed by atoms with Crippen molar-refractivity contribution in [1.82, 2.24) is 24.7 Å². The average Bonchev–Trinajstić information content (AvgIpc) is 2.93. The topological polar surface area (TPSA) is 83.4 Å². The third-order valence-corrected chi connectivity index (χ3v) is 3.77. The van der Waals surface area contributed by atoms with Crippen molar-refractivity contribution >= 4 is 22.5 Å². The Kier molecular flexibility index (Phi) is 3.40. The molecule has 0 saturated carbocycles. The summed E-state index contributed by atoms with van der Waals surface area (Å²) >= 11 is 0. The number of fused-ring (bicyclic) bond motifs is 3. The Bertz CT molecular complexity index is 921. The molecule has 7 nitrogen and oxygen atoms in total. The summed E-state index contributed by atoms with van der Waals surface area (Å²) in [6, 6.07) is 5.64. The lowest BCUT2D eigenvalue weighted by Crippen LogP contribution is -2.31. The second kappa shape index (κ2) is 5.25. The zero-order chi connectivity index (χ0) is 15.9. The summed E-state index contributed by atoms with van der Waals surface area (Å²) in [7, 11) is 0. The molecule has 2 aromatic heterocycles. The van der Waals surface area contributed by atoms with E-state index in [1.54, 1.807) is 4.90 Å². The summed E-state index contributed by atoms with van der Waals surface area (Å²) < 4.78 is 1.43. The van der Waals surface area contributed by atoms with Crippen molar-refractivity contribution in [2.45, 2.75) is 20.8 Å². The zero-order valence-corrected chi connectivity index (χ0v) is 12.8. The molecular formula is C15H17N5O2. The largest absolute Gasteiger partial charge is 0.338 e. The van der Waals surface area contributed by atoms with E-state index >= 15 is 0 Å². The Morgan fingerprint density at radius 2 is 2.05 bits per heavy atom. The van der Waals surface area contributed by atoms with Crippen molar-refractivity contribution in [1.29, 1.82) is 0 Å². The highest BCUT2D eigenvalue weighted by Gasteiger charge is 2.22. The maximum absolute atomic E-state index is 12.5. The molecular weight excluding hydrogens is 282 g/mol. The molecule has 0 unspecified atom stereocenters. The summed E-state index contributed by atoms with van der Waals surface area (Å²) in [5.74, 6) is -0.281. The van der Waals surface area contributed by atoms with Crippen LogP contribution in [0.3, 0.4) is 0 Å². The highest BCUT2D eigenvalue weighted by Crippen LogP contribution is 2.15. The van der Waals surface area contributed by atoms with Gasteiger partial charge in [-0.15, -0.1) is 5.10 Å². The number of aryl methyl sites for hydroxylation is 1. The minimum Gasteiger partial charge on any atom is -0.338 e. The van der Waals surface area contributed by atoms with Gasteiger partial charge in [-0.3, -0.25) is 9.59 Å². The van der Waals surface area contributed by atoms with Gasteiger partial charge in [-0.2, -0.15) is 0 Å². The molecule has 1 N–H and O–H groups in total. The van der Waals surface area contributed by atoms with E-state index in [2.05, 4.69) is 15.3 Å². The number of amides is 1. The molecule has 0 aliphatic heterocycles. The van der Waals surface area contributed by atoms with Gasteiger partial charge in [-0.25, -0.2) is 4.52 Å². The second-order valence-electron chi connectivity index (χ2n) is 5.15. The fourth-order valence-corrected chi connectivity index (χ4v) is 2.58. The van der Waals surface area contributed by atoms with E-state index in [0.717, 1.165) is 5.56 Å². The molecule has 0 bridgehead atoms. The Balaban J connectivity index is 2.30. The van der Waals surface area contributed by atoms with Crippen LogP contribution in [-0.4, -0.2) is 43.7 Å². The molecule has 3 aromatic rings. The fraction of sp³-hybridized carbons (Fsp3) is 0.333. The van der Waals surface area contributed by atoms with Crippen LogP contribution in [0.2, 0.25) is 0 Å². The third-order valence-electron chi connectivity index (χ3n) is 3.77. The smallest absolute Gasteiger partial charge is 0.277 e. The summed E-state index contributed by atoms with van der Waals surface area (Å²) in [6.07, 6.45) is 0. The van der Waals surface area contributed by atoms with Crippen LogP contribution >= 0.6 is 0 Å². The molecule has 2 heterocycles. The fourth-order valence-electron chi connectivity index (χ4n) is 2.58. The van der Waals surface area contributed by atoms with Crippen LogP contribution in [0.1, 0.15) is 29.9 Å². The van der Waals surface area contributed by atoms with Gasteiger partial charge in [0.15, 0.2) is 11.2 Å². The number of hydrogen-bond donors (Lipinski definition) is 1. The number of aromatic amines is 1. The number of H-pyrrole nitrogens is 1. The highest BCUT2D eigenvalue weighted by atomic mass is 16.2. The summed E-state index contributed by atoms with van der Waals surface area (Å²) in [5, 5.41) is 7.96. The third kappa shape index (κ3) is 2.05. The van der Waals surface area contributed by atoms with Gasteiger partial charge in [0.25, 0.3) is 11.5 Å². The van der Waals surface area contributed by atoms with Crippen molar-refractivity contribution in [2.24, 2.45) is 0 Å². The predicted octanol–water partition coefficient (Wildman–Crippen LogP) is 1.36. The van der Waals surface area contributed by atoms with Crippen LogP contribution in [0.5, 0.6) is 0 Å². The van der Waals surface area contributed by atoms with Gasteiger partial charge in [0.2, 0.25) is 0 Å². The second-order valence-corrected chi connectivity index (χ2v) is 5.15. The van der Waals surface area contributed by atoms with E-state index in [4.69, 9.17) is 0 Å². The van der Waals surface area contributed by atoms with E-state index in [1.807, 2.05) is 39.0 Å². The van der Waals surface area contributed by atoms with Gasteiger partial charge in [0, 0.05) is 13.1 Å². The van der Waals surface area contributed by atoms with E-state index < -0.39 is 0 Å². The number of carbonyl (C=O) groups excluding carboxylic acids is 1. The highest BCUT2D eigenvalue weighted by molar-refractivity contribution is 5.99. The molecule has 3 rings (SSSR count). The van der Waals surface area contributed by atoms with E-state index in [1.165, 1.54) is 4.52 Å². The average molecular weight is 299 g/mol. The molecule has 0 aliphatic rings. The van der Waals surface area contributed by atoms with Gasteiger partial charge in [-0.1, -0.05) is 11.3 Å². The number of nitrogens with zero attached hydrogens (tertiary/aromatic N) is 4. The number of aromatic nitrogens is 4. The van der Waals surface area contributed by atoms with Gasteiger partial charge in [-0.05, 0) is 38.5 Å². The van der Waals surface area contributed by atoms with Crippen LogP contribution < -0.4 is 5.56 Å². The predicted molar refractivity (Wildman–Crippen MR) is 83.1 cm³/mol. The van der Waals surface area contributed by atoms with Gasteiger partial charge < -0.3 is 9.88 Å². The molecule has 114 valence electrons. The van der Waals surface area contributed by atoms with Crippen LogP contribution in [0.4, 0.5) is 0 Å². The van der Waals surface area contributed by atoms with Crippen molar-refractivity contribution in [3.63, 3.8) is 0 Å². The number of rotatable bonds is 3. The molecule has 7 heteroatoms. The van der Waals surface area contributed by atoms with Crippen molar-refractivity contribution in [3.8, 4) is 0 Å². The Hall–Kier alpha value is -2.70. The molecule has 22 heavy (non-hydrogen) atoms. The maximum Gasteiger partial charge on any atom is 0.277 e. The van der Waals surface area contributed by atoms with Crippen LogP contribution in [-0.2, 0) is 0 Å². The molecule has 0 aliphatic carbocycles. The van der Waals surface area contributed by atoms with Crippen molar-refractivity contribution in [3.05, 3.63) is 39.8 Å². The van der Waals surface area contributed by atoms with E-state index in [-0.39, 0.29) is 22.7 Å². The lowest BCUT2D eigenvalue weighted by atomic mass is 10.2. The van der Waals surface area contributed by atoms with Crippen molar-refractivity contribution < 1.29 is 4.79 Å². The monoisotopic (exact) mass is 299 g/mol. The van der Waals surface area contributed by atoms with Gasteiger partial charge in [0.1, 0.15) is 0 Å². The van der Waals surface area contributed by atoms with Crippen LogP contribution in [0, 0.1) is 6.92 Å². The molecule has 1 amide bonds. The molecule has 0 saturated heterocycles. The maximum atomic E-state index is 12.5. The number of benzene rings is 1. The normalized spacial score (nSPS) is 11.2. The van der Waals surface area contributed by atoms with Crippen molar-refractivity contribution in [2.75, 3.05) is 13.1 Å². The standard InChI is InChI=1S/C15H17N5O2/c1-4-19(5-2)15(22)12-13-14(21)16-10-8-9(3)6-7-11(10)20(13)18-17-12/h6-8H,4-5H2,1-3H3,(H,16,21). The van der Waals surface area contributed by atoms with Crippen LogP contribution in [0.25, 0.3) is 16.6 Å². The van der Waals surface area contributed by atoms with E-state index in [0.29, 0.717) is 24.1 Å². The number of carbonyl (C=O) groups is 1. The molecule has 1 aromatic carbocycles. The lowest BCUT2D eigenvalue weighted by molar-refractivity contribution is 0.0769. The first-order valence-electron chi connectivity index (χ1n) is 7.24. The van der Waals surface area contributed by atoms with Crippen LogP contribution in [0.15, 0.2) is 23.0 Å². The Morgan fingerprint density at radius 1 is 1.32 bits per heavy atom. The minimum atomic E-state index is -0.362. The van der Waals surface area contributed by atoms with Gasteiger partial charge >= 0.3 is 0 Å². The molecule has 0 fully saturated rings. The summed E-state index contributed by atoms with van der Waals surface area (Å²) in [6.45, 7) is 6.82. The summed E-state index contributed by atoms with van der Waals surface area (Å²) in [4.78, 5) is 29.3.